The van der Waals surface area contributed by atoms with Crippen molar-refractivity contribution in [2.24, 2.45) is 34.6 Å². The molecule has 0 spiro atoms. The number of ketones is 1. The summed E-state index contributed by atoms with van der Waals surface area (Å²) in [6, 6.07) is 1.70. The van der Waals surface area contributed by atoms with Gasteiger partial charge in [-0.1, -0.05) is 0 Å². The van der Waals surface area contributed by atoms with E-state index in [1.165, 1.54) is 35.2 Å². The highest BCUT2D eigenvalue weighted by atomic mass is 16.5. The number of azo groups is 2. The van der Waals surface area contributed by atoms with Gasteiger partial charge < -0.3 is 19.6 Å². The zero-order chi connectivity index (χ0) is 34.9. The van der Waals surface area contributed by atoms with Crippen molar-refractivity contribution >= 4 is 46.4 Å². The SMILES string of the molecule is COC(=O)c1cnn(C)c1/N=N/c1c(C)nn(-c2cc(-n3nc(C)c(/N=N/c4c(C(=O)CO)cnn4C)c3N(C)C)ncn2)c1N(C)C. The molecule has 5 heterocycles. The molecule has 0 unspecified atom stereocenters. The van der Waals surface area contributed by atoms with E-state index in [-0.39, 0.29) is 22.8 Å². The summed E-state index contributed by atoms with van der Waals surface area (Å²) in [6.45, 7) is 2.88. The maximum atomic E-state index is 12.2. The highest BCUT2D eigenvalue weighted by molar-refractivity contribution is 6.00. The number of carbonyl (C=O) groups excluding carboxylic acids is 2. The van der Waals surface area contributed by atoms with E-state index in [0.29, 0.717) is 46.0 Å². The van der Waals surface area contributed by atoms with Crippen molar-refractivity contribution in [2.75, 3.05) is 51.7 Å². The molecule has 0 bridgehead atoms. The van der Waals surface area contributed by atoms with Gasteiger partial charge in [-0.15, -0.1) is 20.5 Å². The molecule has 0 aliphatic rings. The summed E-state index contributed by atoms with van der Waals surface area (Å²) in [5, 5.41) is 44.4. The number of carbonyl (C=O) groups is 2. The maximum absolute atomic E-state index is 12.2. The molecule has 0 saturated carbocycles. The third-order valence-electron chi connectivity index (χ3n) is 7.08. The van der Waals surface area contributed by atoms with E-state index in [1.54, 1.807) is 43.4 Å². The summed E-state index contributed by atoms with van der Waals surface area (Å²) in [5.41, 5.74) is 2.27. The van der Waals surface area contributed by atoms with Crippen LogP contribution in [0.4, 0.5) is 34.6 Å². The minimum atomic E-state index is -0.680. The number of aliphatic hydroxyl groups is 1. The molecule has 0 radical (unpaired) electrons. The van der Waals surface area contributed by atoms with Crippen LogP contribution in [0, 0.1) is 13.8 Å². The minimum Gasteiger partial charge on any atom is -0.465 e. The standard InChI is InChI=1S/C28H34N16O4/c1-15-22(33-35-24-17(19(46)13-45)11-31-41(24)7)26(39(3)4)43(37-15)20-10-21(30-14-29-20)44-27(40(5)6)23(16(2)38-44)34-36-25-18(28(47)48-9)12-32-42(25)8/h10-12,14,45H,13H2,1-9H3/b35-33+,36-34+. The average molecular weight is 659 g/mol. The molecule has 250 valence electrons. The molecular formula is C28H34N16O4. The molecule has 0 aliphatic carbocycles. The predicted molar refractivity (Wildman–Crippen MR) is 172 cm³/mol. The fraction of sp³-hybridized carbons (Fsp3) is 0.357. The molecule has 0 fully saturated rings. The first kappa shape index (κ1) is 33.2. The summed E-state index contributed by atoms with van der Waals surface area (Å²) in [5.74, 6) is 1.24. The van der Waals surface area contributed by atoms with Gasteiger partial charge in [-0.2, -0.15) is 29.8 Å². The van der Waals surface area contributed by atoms with Gasteiger partial charge in [0.25, 0.3) is 0 Å². The molecule has 0 aliphatic heterocycles. The van der Waals surface area contributed by atoms with Crippen molar-refractivity contribution in [2.45, 2.75) is 13.8 Å². The van der Waals surface area contributed by atoms with E-state index in [4.69, 9.17) is 14.9 Å². The van der Waals surface area contributed by atoms with Crippen LogP contribution in [0.15, 0.2) is 45.2 Å². The highest BCUT2D eigenvalue weighted by Gasteiger charge is 2.24. The second-order valence-corrected chi connectivity index (χ2v) is 10.8. The van der Waals surface area contributed by atoms with Gasteiger partial charge in [0.1, 0.15) is 18.5 Å². The van der Waals surface area contributed by atoms with E-state index < -0.39 is 18.4 Å². The molecule has 0 amide bonds. The van der Waals surface area contributed by atoms with Gasteiger partial charge in [0.2, 0.25) is 0 Å². The Morgan fingerprint density at radius 3 is 1.69 bits per heavy atom. The van der Waals surface area contributed by atoms with Crippen molar-refractivity contribution in [1.29, 1.82) is 0 Å². The number of aliphatic hydroxyl groups excluding tert-OH is 1. The van der Waals surface area contributed by atoms with Gasteiger partial charge in [-0.3, -0.25) is 4.79 Å². The number of hydrogen-bond acceptors (Lipinski definition) is 16. The number of methoxy groups -OCH3 is 1. The zero-order valence-electron chi connectivity index (χ0n) is 27.8. The Hall–Kier alpha value is -6.18. The molecule has 0 atom stereocenters. The fourth-order valence-electron chi connectivity index (χ4n) is 4.77. The fourth-order valence-corrected chi connectivity index (χ4v) is 4.77. The molecule has 5 aromatic heterocycles. The number of hydrogen-bond donors (Lipinski definition) is 1. The summed E-state index contributed by atoms with van der Waals surface area (Å²) >= 11 is 0. The molecule has 20 heteroatoms. The third-order valence-corrected chi connectivity index (χ3v) is 7.08. The molecule has 5 aromatic rings. The Balaban J connectivity index is 1.57. The first-order chi connectivity index (χ1) is 22.9. The van der Waals surface area contributed by atoms with Crippen molar-refractivity contribution in [3.05, 3.63) is 47.3 Å². The smallest absolute Gasteiger partial charge is 0.343 e. The number of ether oxygens (including phenoxy) is 1. The van der Waals surface area contributed by atoms with Crippen molar-refractivity contribution in [1.82, 2.24) is 49.1 Å². The highest BCUT2D eigenvalue weighted by Crippen LogP contribution is 2.37. The van der Waals surface area contributed by atoms with Crippen molar-refractivity contribution < 1.29 is 19.4 Å². The number of nitrogens with zero attached hydrogens (tertiary/aromatic N) is 16. The number of esters is 1. The number of Topliss-reactive ketones (excluding diaryl/α,β-unsaturated/α-hetero) is 1. The topological polar surface area (TPSA) is 217 Å². The molecule has 20 nitrogen and oxygen atoms in total. The van der Waals surface area contributed by atoms with Crippen LogP contribution >= 0.6 is 0 Å². The molecule has 48 heavy (non-hydrogen) atoms. The predicted octanol–water partition coefficient (Wildman–Crippen LogP) is 2.86. The van der Waals surface area contributed by atoms with E-state index in [9.17, 15) is 14.7 Å². The van der Waals surface area contributed by atoms with Crippen LogP contribution in [-0.2, 0) is 18.8 Å². The van der Waals surface area contributed by atoms with Crippen LogP contribution in [0.25, 0.3) is 11.6 Å². The molecule has 5 rings (SSSR count). The van der Waals surface area contributed by atoms with Crippen LogP contribution in [0.5, 0.6) is 0 Å². The van der Waals surface area contributed by atoms with Crippen molar-refractivity contribution in [3.8, 4) is 11.6 Å². The summed E-state index contributed by atoms with van der Waals surface area (Å²) in [4.78, 5) is 37.0. The Morgan fingerprint density at radius 2 is 1.25 bits per heavy atom. The van der Waals surface area contributed by atoms with Crippen LogP contribution in [0.2, 0.25) is 0 Å². The van der Waals surface area contributed by atoms with Gasteiger partial charge >= 0.3 is 5.97 Å². The number of aromatic nitrogens is 10. The van der Waals surface area contributed by atoms with Crippen LogP contribution in [-0.4, -0.2) is 108 Å². The quantitative estimate of drug-likeness (QED) is 0.123. The number of rotatable bonds is 11. The van der Waals surface area contributed by atoms with Gasteiger partial charge in [0.15, 0.2) is 52.1 Å². The summed E-state index contributed by atoms with van der Waals surface area (Å²) < 4.78 is 10.9. The zero-order valence-corrected chi connectivity index (χ0v) is 27.8. The lowest BCUT2D eigenvalue weighted by Gasteiger charge is -2.17. The summed E-state index contributed by atoms with van der Waals surface area (Å²) in [6.07, 6.45) is 4.09. The number of aryl methyl sites for hydroxylation is 4. The minimum absolute atomic E-state index is 0.148. The lowest BCUT2D eigenvalue weighted by atomic mass is 10.2. The molecule has 0 saturated heterocycles. The second kappa shape index (κ2) is 13.3. The maximum Gasteiger partial charge on any atom is 0.343 e. The normalized spacial score (nSPS) is 11.6. The average Bonchev–Trinajstić information content (AvgIpc) is 3.81. The lowest BCUT2D eigenvalue weighted by Crippen LogP contribution is -2.17. The van der Waals surface area contributed by atoms with E-state index >= 15 is 0 Å². The monoisotopic (exact) mass is 658 g/mol. The first-order valence-corrected chi connectivity index (χ1v) is 14.3. The lowest BCUT2D eigenvalue weighted by molar-refractivity contribution is 0.0601. The largest absolute Gasteiger partial charge is 0.465 e. The molecule has 0 aromatic carbocycles. The number of anilines is 2. The van der Waals surface area contributed by atoms with Gasteiger partial charge in [0, 0.05) is 48.4 Å². The van der Waals surface area contributed by atoms with Gasteiger partial charge in [-0.25, -0.2) is 24.1 Å². The van der Waals surface area contributed by atoms with E-state index in [0.717, 1.165) is 0 Å². The van der Waals surface area contributed by atoms with E-state index in [1.807, 2.05) is 38.0 Å². The molecular weight excluding hydrogens is 624 g/mol. The second-order valence-electron chi connectivity index (χ2n) is 10.8. The Morgan fingerprint density at radius 1 is 0.792 bits per heavy atom. The Labute approximate surface area is 274 Å². The van der Waals surface area contributed by atoms with Gasteiger partial charge in [-0.05, 0) is 13.8 Å². The van der Waals surface area contributed by atoms with Crippen LogP contribution in [0.1, 0.15) is 32.1 Å². The Kier molecular flexibility index (Phi) is 9.18. The first-order valence-electron chi connectivity index (χ1n) is 14.3. The third kappa shape index (κ3) is 6.02. The summed E-state index contributed by atoms with van der Waals surface area (Å²) in [7, 11) is 11.9. The van der Waals surface area contributed by atoms with Crippen LogP contribution in [0.3, 0.4) is 0 Å². The van der Waals surface area contributed by atoms with Crippen LogP contribution < -0.4 is 9.80 Å². The van der Waals surface area contributed by atoms with E-state index in [2.05, 4.69) is 40.6 Å². The molecule has 1 N–H and O–H groups in total. The van der Waals surface area contributed by atoms with Gasteiger partial charge in [0.05, 0.1) is 36.5 Å². The Bertz CT molecular complexity index is 1920. The van der Waals surface area contributed by atoms with Crippen molar-refractivity contribution in [3.63, 3.8) is 0 Å².